The minimum atomic E-state index is -1.13. The first-order valence-electron chi connectivity index (χ1n) is 5.29. The van der Waals surface area contributed by atoms with Crippen LogP contribution in [0.1, 0.15) is 16.2 Å². The fourth-order valence-electron chi connectivity index (χ4n) is 1.37. The number of nitrogen functional groups attached to an aromatic ring is 1. The summed E-state index contributed by atoms with van der Waals surface area (Å²) in [5.74, 6) is -0.187. The van der Waals surface area contributed by atoms with E-state index in [-0.39, 0.29) is 11.4 Å². The zero-order valence-corrected chi connectivity index (χ0v) is 11.3. The zero-order chi connectivity index (χ0) is 13.8. The maximum absolute atomic E-state index is 10.8. The Morgan fingerprint density at radius 2 is 2.26 bits per heavy atom. The molecule has 0 unspecified atom stereocenters. The van der Waals surface area contributed by atoms with Crippen molar-refractivity contribution in [3.05, 3.63) is 46.9 Å². The topological polar surface area (TPSA) is 89.1 Å². The Labute approximate surface area is 118 Å². The summed E-state index contributed by atoms with van der Waals surface area (Å²) in [5, 5.41) is 9.47. The summed E-state index contributed by atoms with van der Waals surface area (Å²) >= 11 is 7.38. The van der Waals surface area contributed by atoms with Crippen LogP contribution in [0.5, 0.6) is 0 Å². The Morgan fingerprint density at radius 3 is 2.89 bits per heavy atom. The lowest BCUT2D eigenvalue weighted by Crippen LogP contribution is -2.07. The highest BCUT2D eigenvalue weighted by molar-refractivity contribution is 7.98. The highest BCUT2D eigenvalue weighted by Crippen LogP contribution is 2.24. The first-order chi connectivity index (χ1) is 9.06. The number of nitrogens with zero attached hydrogens (tertiary/aromatic N) is 2. The number of carbonyl (C=O) groups is 1. The molecule has 2 aromatic rings. The van der Waals surface area contributed by atoms with Crippen LogP contribution in [0.15, 0.2) is 35.4 Å². The fraction of sp³-hybridized carbons (Fsp3) is 0.0833. The van der Waals surface area contributed by atoms with Gasteiger partial charge in [-0.3, -0.25) is 0 Å². The van der Waals surface area contributed by atoms with E-state index in [0.29, 0.717) is 16.6 Å². The van der Waals surface area contributed by atoms with E-state index in [1.54, 1.807) is 6.07 Å². The second-order valence-corrected chi connectivity index (χ2v) is 5.12. The van der Waals surface area contributed by atoms with E-state index in [9.17, 15) is 4.79 Å². The van der Waals surface area contributed by atoms with Crippen molar-refractivity contribution in [2.75, 3.05) is 5.73 Å². The molecule has 5 nitrogen and oxygen atoms in total. The molecular formula is C12H10ClN3O2S. The van der Waals surface area contributed by atoms with Crippen LogP contribution in [0.2, 0.25) is 5.02 Å². The third-order valence-corrected chi connectivity index (χ3v) is 3.49. The molecule has 0 aliphatic rings. The molecule has 0 fully saturated rings. The zero-order valence-electron chi connectivity index (χ0n) is 9.71. The van der Waals surface area contributed by atoms with Crippen molar-refractivity contribution in [2.24, 2.45) is 0 Å². The number of hydrogen-bond acceptors (Lipinski definition) is 5. The standard InChI is InChI=1S/C12H10ClN3O2S/c13-7-2-1-3-8(4-7)19-6-10-15-5-9(12(17)18)11(14)16-10/h1-5H,6H2,(H,17,18)(H2,14,15,16). The van der Waals surface area contributed by atoms with E-state index >= 15 is 0 Å². The molecule has 7 heteroatoms. The number of thioether (sulfide) groups is 1. The van der Waals surface area contributed by atoms with Crippen LogP contribution < -0.4 is 5.73 Å². The van der Waals surface area contributed by atoms with Gasteiger partial charge in [0.15, 0.2) is 0 Å². The van der Waals surface area contributed by atoms with Gasteiger partial charge in [0.05, 0.1) is 5.75 Å². The van der Waals surface area contributed by atoms with Crippen LogP contribution in [-0.2, 0) is 5.75 Å². The number of carboxylic acids is 1. The minimum Gasteiger partial charge on any atom is -0.477 e. The molecule has 0 saturated carbocycles. The van der Waals surface area contributed by atoms with Crippen molar-refractivity contribution in [3.8, 4) is 0 Å². The molecule has 1 heterocycles. The van der Waals surface area contributed by atoms with Crippen molar-refractivity contribution >= 4 is 35.1 Å². The Morgan fingerprint density at radius 1 is 1.47 bits per heavy atom. The number of rotatable bonds is 4. The molecule has 0 aliphatic carbocycles. The van der Waals surface area contributed by atoms with Gasteiger partial charge in [-0.1, -0.05) is 17.7 Å². The Kier molecular flexibility index (Phi) is 4.24. The van der Waals surface area contributed by atoms with E-state index in [1.807, 2.05) is 18.2 Å². The predicted molar refractivity (Wildman–Crippen MR) is 74.4 cm³/mol. The lowest BCUT2D eigenvalue weighted by molar-refractivity contribution is 0.0697. The van der Waals surface area contributed by atoms with Gasteiger partial charge in [0.2, 0.25) is 0 Å². The molecule has 19 heavy (non-hydrogen) atoms. The molecule has 0 atom stereocenters. The summed E-state index contributed by atoms with van der Waals surface area (Å²) < 4.78 is 0. The number of carboxylic acid groups (broad SMARTS) is 1. The summed E-state index contributed by atoms with van der Waals surface area (Å²) in [7, 11) is 0. The molecule has 0 spiro atoms. The SMILES string of the molecule is Nc1nc(CSc2cccc(Cl)c2)ncc1C(=O)O. The van der Waals surface area contributed by atoms with Crippen LogP contribution in [0.3, 0.4) is 0 Å². The smallest absolute Gasteiger partial charge is 0.341 e. The maximum atomic E-state index is 10.8. The Balaban J connectivity index is 2.08. The van der Waals surface area contributed by atoms with Crippen molar-refractivity contribution in [2.45, 2.75) is 10.6 Å². The monoisotopic (exact) mass is 295 g/mol. The van der Waals surface area contributed by atoms with E-state index in [2.05, 4.69) is 9.97 Å². The highest BCUT2D eigenvalue weighted by atomic mass is 35.5. The first-order valence-corrected chi connectivity index (χ1v) is 6.65. The normalized spacial score (nSPS) is 10.4. The van der Waals surface area contributed by atoms with Gasteiger partial charge in [0.25, 0.3) is 0 Å². The molecule has 2 rings (SSSR count). The summed E-state index contributed by atoms with van der Waals surface area (Å²) in [6, 6.07) is 7.40. The van der Waals surface area contributed by atoms with Crippen molar-refractivity contribution < 1.29 is 9.90 Å². The number of hydrogen-bond donors (Lipinski definition) is 2. The van der Waals surface area contributed by atoms with E-state index in [4.69, 9.17) is 22.4 Å². The summed E-state index contributed by atoms with van der Waals surface area (Å²) in [6.45, 7) is 0. The molecule has 98 valence electrons. The van der Waals surface area contributed by atoms with Gasteiger partial charge in [-0.2, -0.15) is 0 Å². The van der Waals surface area contributed by atoms with Gasteiger partial charge in [0, 0.05) is 16.1 Å². The molecule has 1 aromatic heterocycles. The van der Waals surface area contributed by atoms with Crippen molar-refractivity contribution in [1.82, 2.24) is 9.97 Å². The molecule has 1 aromatic carbocycles. The van der Waals surface area contributed by atoms with Gasteiger partial charge in [0.1, 0.15) is 17.2 Å². The second kappa shape index (κ2) is 5.90. The lowest BCUT2D eigenvalue weighted by Gasteiger charge is -2.04. The van der Waals surface area contributed by atoms with Gasteiger partial charge in [-0.15, -0.1) is 11.8 Å². The van der Waals surface area contributed by atoms with Gasteiger partial charge in [-0.05, 0) is 18.2 Å². The summed E-state index contributed by atoms with van der Waals surface area (Å²) in [6.07, 6.45) is 1.22. The van der Waals surface area contributed by atoms with Gasteiger partial charge in [-0.25, -0.2) is 14.8 Å². The van der Waals surface area contributed by atoms with Gasteiger partial charge < -0.3 is 10.8 Å². The second-order valence-electron chi connectivity index (χ2n) is 3.64. The van der Waals surface area contributed by atoms with Crippen LogP contribution in [0, 0.1) is 0 Å². The summed E-state index contributed by atoms with van der Waals surface area (Å²) in [4.78, 5) is 19.7. The third-order valence-electron chi connectivity index (χ3n) is 2.26. The highest BCUT2D eigenvalue weighted by Gasteiger charge is 2.10. The number of benzene rings is 1. The maximum Gasteiger partial charge on any atom is 0.341 e. The average Bonchev–Trinajstić information content (AvgIpc) is 2.36. The molecular weight excluding hydrogens is 286 g/mol. The number of nitrogens with two attached hydrogens (primary N) is 1. The van der Waals surface area contributed by atoms with Crippen molar-refractivity contribution in [1.29, 1.82) is 0 Å². The van der Waals surface area contributed by atoms with Crippen LogP contribution in [0.25, 0.3) is 0 Å². The quantitative estimate of drug-likeness (QED) is 0.843. The lowest BCUT2D eigenvalue weighted by atomic mass is 10.3. The van der Waals surface area contributed by atoms with E-state index in [1.165, 1.54) is 18.0 Å². The molecule has 0 amide bonds. The third kappa shape index (κ3) is 3.59. The number of aromatic carboxylic acids is 1. The molecule has 0 bridgehead atoms. The van der Waals surface area contributed by atoms with Crippen molar-refractivity contribution in [3.63, 3.8) is 0 Å². The first kappa shape index (κ1) is 13.6. The largest absolute Gasteiger partial charge is 0.477 e. The molecule has 0 aliphatic heterocycles. The Hall–Kier alpha value is -1.79. The molecule has 0 saturated heterocycles. The minimum absolute atomic E-state index is 0.0239. The number of anilines is 1. The number of halogens is 1. The van der Waals surface area contributed by atoms with Crippen LogP contribution in [-0.4, -0.2) is 21.0 Å². The van der Waals surface area contributed by atoms with Crippen LogP contribution >= 0.6 is 23.4 Å². The molecule has 3 N–H and O–H groups in total. The molecule has 0 radical (unpaired) electrons. The fourth-order valence-corrected chi connectivity index (χ4v) is 2.45. The van der Waals surface area contributed by atoms with Gasteiger partial charge >= 0.3 is 5.97 Å². The number of aromatic nitrogens is 2. The van der Waals surface area contributed by atoms with E-state index < -0.39 is 5.97 Å². The van der Waals surface area contributed by atoms with E-state index in [0.717, 1.165) is 4.90 Å². The average molecular weight is 296 g/mol. The van der Waals surface area contributed by atoms with Crippen LogP contribution in [0.4, 0.5) is 5.82 Å². The summed E-state index contributed by atoms with van der Waals surface area (Å²) in [5.41, 5.74) is 5.47. The Bertz CT molecular complexity index is 622. The predicted octanol–water partition coefficient (Wildman–Crippen LogP) is 2.70.